The van der Waals surface area contributed by atoms with E-state index in [1.165, 1.54) is 25.7 Å². The molecule has 19 heavy (non-hydrogen) atoms. The maximum Gasteiger partial charge on any atom is 0.136 e. The molecule has 3 nitrogen and oxygen atoms in total. The monoisotopic (exact) mass is 277 g/mol. The fraction of sp³-hybridized carbons (Fsp3) is 0.600. The van der Waals surface area contributed by atoms with Gasteiger partial charge in [-0.25, -0.2) is 4.98 Å². The van der Waals surface area contributed by atoms with Gasteiger partial charge in [-0.05, 0) is 57.1 Å². The van der Waals surface area contributed by atoms with Crippen molar-refractivity contribution in [2.75, 3.05) is 5.32 Å². The number of nitrogens with zero attached hydrogens (tertiary/aromatic N) is 1. The highest BCUT2D eigenvalue weighted by molar-refractivity contribution is 7.80. The van der Waals surface area contributed by atoms with E-state index >= 15 is 0 Å². The zero-order valence-corrected chi connectivity index (χ0v) is 12.8. The summed E-state index contributed by atoms with van der Waals surface area (Å²) in [5.41, 5.74) is 8.85. The Kier molecular flexibility index (Phi) is 4.40. The van der Waals surface area contributed by atoms with Crippen molar-refractivity contribution >= 4 is 23.0 Å². The van der Waals surface area contributed by atoms with Crippen LogP contribution >= 0.6 is 12.2 Å². The van der Waals surface area contributed by atoms with Gasteiger partial charge in [0.05, 0.1) is 5.56 Å². The molecule has 4 heteroatoms. The van der Waals surface area contributed by atoms with Gasteiger partial charge in [0, 0.05) is 11.7 Å². The third-order valence-electron chi connectivity index (χ3n) is 3.95. The molecule has 1 aromatic heterocycles. The first-order valence-corrected chi connectivity index (χ1v) is 7.42. The molecular formula is C15H23N3S. The van der Waals surface area contributed by atoms with Gasteiger partial charge in [0.1, 0.15) is 10.8 Å². The third-order valence-corrected chi connectivity index (χ3v) is 4.15. The molecule has 0 atom stereocenters. The van der Waals surface area contributed by atoms with E-state index < -0.39 is 0 Å². The van der Waals surface area contributed by atoms with Crippen LogP contribution in [0.2, 0.25) is 0 Å². The number of aromatic nitrogens is 1. The first-order valence-electron chi connectivity index (χ1n) is 7.02. The summed E-state index contributed by atoms with van der Waals surface area (Å²) < 4.78 is 0. The standard InChI is InChI=1S/C15H23N3S/c1-9-4-6-12(7-5-9)18-15-13(14(16)19)10(2)8-11(3)17-15/h8-9,12H,4-7H2,1-3H3,(H2,16,19)(H,17,18). The van der Waals surface area contributed by atoms with Gasteiger partial charge in [-0.15, -0.1) is 0 Å². The van der Waals surface area contributed by atoms with Crippen LogP contribution in [0.1, 0.15) is 49.4 Å². The van der Waals surface area contributed by atoms with E-state index in [1.807, 2.05) is 19.9 Å². The van der Waals surface area contributed by atoms with Crippen LogP contribution in [-0.2, 0) is 0 Å². The Bertz CT molecular complexity index is 477. The Morgan fingerprint density at radius 1 is 1.32 bits per heavy atom. The van der Waals surface area contributed by atoms with E-state index in [-0.39, 0.29) is 0 Å². The summed E-state index contributed by atoms with van der Waals surface area (Å²) in [6.45, 7) is 6.37. The topological polar surface area (TPSA) is 50.9 Å². The first-order chi connectivity index (χ1) is 8.97. The fourth-order valence-electron chi connectivity index (χ4n) is 2.85. The number of hydrogen-bond acceptors (Lipinski definition) is 3. The third kappa shape index (κ3) is 3.44. The average Bonchev–Trinajstić information content (AvgIpc) is 2.30. The van der Waals surface area contributed by atoms with Gasteiger partial charge in [-0.2, -0.15) is 0 Å². The van der Waals surface area contributed by atoms with E-state index in [2.05, 4.69) is 17.2 Å². The summed E-state index contributed by atoms with van der Waals surface area (Å²) in [6, 6.07) is 2.53. The Morgan fingerprint density at radius 2 is 1.95 bits per heavy atom. The zero-order valence-electron chi connectivity index (χ0n) is 12.0. The van der Waals surface area contributed by atoms with Crippen LogP contribution in [0.5, 0.6) is 0 Å². The van der Waals surface area contributed by atoms with E-state index in [1.54, 1.807) is 0 Å². The second-order valence-electron chi connectivity index (χ2n) is 5.77. The number of anilines is 1. The molecule has 1 heterocycles. The van der Waals surface area contributed by atoms with Crippen molar-refractivity contribution < 1.29 is 0 Å². The molecule has 0 saturated heterocycles. The van der Waals surface area contributed by atoms with Crippen LogP contribution in [0.3, 0.4) is 0 Å². The molecule has 1 aliphatic carbocycles. The number of nitrogens with two attached hydrogens (primary N) is 1. The van der Waals surface area contributed by atoms with Gasteiger partial charge in [0.2, 0.25) is 0 Å². The molecule has 1 aromatic rings. The van der Waals surface area contributed by atoms with E-state index in [0.29, 0.717) is 11.0 Å². The normalized spacial score (nSPS) is 23.1. The van der Waals surface area contributed by atoms with Crippen LogP contribution in [0.4, 0.5) is 5.82 Å². The lowest BCUT2D eigenvalue weighted by molar-refractivity contribution is 0.361. The largest absolute Gasteiger partial charge is 0.389 e. The molecule has 2 rings (SSSR count). The van der Waals surface area contributed by atoms with Gasteiger partial charge in [0.15, 0.2) is 0 Å². The quantitative estimate of drug-likeness (QED) is 0.832. The molecular weight excluding hydrogens is 254 g/mol. The molecule has 0 aromatic carbocycles. The molecule has 1 fully saturated rings. The van der Waals surface area contributed by atoms with Gasteiger partial charge < -0.3 is 11.1 Å². The Labute approximate surface area is 121 Å². The lowest BCUT2D eigenvalue weighted by Gasteiger charge is -2.28. The molecule has 0 amide bonds. The van der Waals surface area contributed by atoms with Crippen LogP contribution < -0.4 is 11.1 Å². The molecule has 0 spiro atoms. The highest BCUT2D eigenvalue weighted by Gasteiger charge is 2.20. The Morgan fingerprint density at radius 3 is 2.53 bits per heavy atom. The highest BCUT2D eigenvalue weighted by atomic mass is 32.1. The predicted molar refractivity (Wildman–Crippen MR) is 84.6 cm³/mol. The van der Waals surface area contributed by atoms with Crippen LogP contribution in [0, 0.1) is 19.8 Å². The number of thiocarbonyl (C=S) groups is 1. The average molecular weight is 277 g/mol. The Hall–Kier alpha value is -1.16. The van der Waals surface area contributed by atoms with Crippen molar-refractivity contribution in [1.29, 1.82) is 0 Å². The maximum atomic E-state index is 5.84. The van der Waals surface area contributed by atoms with Gasteiger partial charge in [0.25, 0.3) is 0 Å². The number of aryl methyl sites for hydroxylation is 2. The molecule has 104 valence electrons. The second-order valence-corrected chi connectivity index (χ2v) is 6.21. The first kappa shape index (κ1) is 14.3. The summed E-state index contributed by atoms with van der Waals surface area (Å²) in [6.07, 6.45) is 4.97. The number of hydrogen-bond donors (Lipinski definition) is 2. The van der Waals surface area contributed by atoms with Crippen molar-refractivity contribution in [3.8, 4) is 0 Å². The SMILES string of the molecule is Cc1cc(C)c(C(N)=S)c(NC2CCC(C)CC2)n1. The van der Waals surface area contributed by atoms with E-state index in [4.69, 9.17) is 18.0 Å². The smallest absolute Gasteiger partial charge is 0.136 e. The lowest BCUT2D eigenvalue weighted by Crippen LogP contribution is -2.27. The lowest BCUT2D eigenvalue weighted by atomic mass is 9.87. The van der Waals surface area contributed by atoms with E-state index in [9.17, 15) is 0 Å². The summed E-state index contributed by atoms with van der Waals surface area (Å²) in [5.74, 6) is 1.71. The minimum Gasteiger partial charge on any atom is -0.389 e. The highest BCUT2D eigenvalue weighted by Crippen LogP contribution is 2.27. The number of rotatable bonds is 3. The predicted octanol–water partition coefficient (Wildman–Crippen LogP) is 3.32. The summed E-state index contributed by atoms with van der Waals surface area (Å²) >= 11 is 5.16. The summed E-state index contributed by atoms with van der Waals surface area (Å²) in [4.78, 5) is 5.02. The number of pyridine rings is 1. The van der Waals surface area contributed by atoms with Crippen molar-refractivity contribution in [2.45, 2.75) is 52.5 Å². The van der Waals surface area contributed by atoms with Gasteiger partial charge in [-0.1, -0.05) is 19.1 Å². The van der Waals surface area contributed by atoms with Crippen molar-refractivity contribution in [2.24, 2.45) is 11.7 Å². The van der Waals surface area contributed by atoms with Crippen molar-refractivity contribution in [3.05, 3.63) is 22.9 Å². The van der Waals surface area contributed by atoms with Crippen LogP contribution in [0.25, 0.3) is 0 Å². The minimum atomic E-state index is 0.427. The molecule has 0 bridgehead atoms. The Balaban J connectivity index is 2.21. The molecule has 0 unspecified atom stereocenters. The molecule has 0 radical (unpaired) electrons. The second kappa shape index (κ2) is 5.87. The van der Waals surface area contributed by atoms with Crippen LogP contribution in [-0.4, -0.2) is 16.0 Å². The minimum absolute atomic E-state index is 0.427. The fourth-order valence-corrected chi connectivity index (χ4v) is 3.11. The molecule has 1 aliphatic rings. The van der Waals surface area contributed by atoms with E-state index in [0.717, 1.165) is 28.6 Å². The maximum absolute atomic E-state index is 5.84. The summed E-state index contributed by atoms with van der Waals surface area (Å²) in [5, 5.41) is 3.55. The van der Waals surface area contributed by atoms with Gasteiger partial charge >= 0.3 is 0 Å². The zero-order chi connectivity index (χ0) is 14.0. The molecule has 0 aliphatic heterocycles. The van der Waals surface area contributed by atoms with Crippen molar-refractivity contribution in [1.82, 2.24) is 4.98 Å². The van der Waals surface area contributed by atoms with Crippen molar-refractivity contribution in [3.63, 3.8) is 0 Å². The molecule has 1 saturated carbocycles. The summed E-state index contributed by atoms with van der Waals surface area (Å²) in [7, 11) is 0. The van der Waals surface area contributed by atoms with Gasteiger partial charge in [-0.3, -0.25) is 0 Å². The van der Waals surface area contributed by atoms with Crippen LogP contribution in [0.15, 0.2) is 6.07 Å². The molecule has 3 N–H and O–H groups in total. The number of nitrogens with one attached hydrogen (secondary N) is 1.